The summed E-state index contributed by atoms with van der Waals surface area (Å²) in [5.41, 5.74) is 1.57. The maximum atomic E-state index is 13.4. The number of benzene rings is 2. The molecule has 0 aromatic heterocycles. The minimum Gasteiger partial charge on any atom is -0.379 e. The highest BCUT2D eigenvalue weighted by Gasteiger charge is 2.12. The number of carbonyl (C=O) groups is 1. The molecule has 2 aromatic carbocycles. The number of nitrogens with zero attached hydrogens (tertiary/aromatic N) is 1. The van der Waals surface area contributed by atoms with E-state index in [1.54, 1.807) is 37.3 Å². The molecule has 2 rings (SSSR count). The van der Waals surface area contributed by atoms with Gasteiger partial charge in [0, 0.05) is 25.6 Å². The fraction of sp³-hybridized carbons (Fsp3) is 0.235. The Bertz CT molecular complexity index is 750. The van der Waals surface area contributed by atoms with Gasteiger partial charge in [-0.25, -0.2) is 4.39 Å². The van der Waals surface area contributed by atoms with Crippen LogP contribution in [0.2, 0.25) is 0 Å². The zero-order valence-electron chi connectivity index (χ0n) is 13.2. The van der Waals surface area contributed by atoms with Gasteiger partial charge in [0.1, 0.15) is 11.5 Å². The van der Waals surface area contributed by atoms with Crippen molar-refractivity contribution in [3.8, 4) is 0 Å². The Morgan fingerprint density at radius 3 is 2.71 bits per heavy atom. The summed E-state index contributed by atoms with van der Waals surface area (Å²) in [5.74, 6) is -0.526. The molecule has 0 aliphatic carbocycles. The largest absolute Gasteiger partial charge is 0.379 e. The van der Waals surface area contributed by atoms with Crippen LogP contribution < -0.4 is 10.6 Å². The maximum absolute atomic E-state index is 13.4. The van der Waals surface area contributed by atoms with Crippen LogP contribution in [0.5, 0.6) is 0 Å². The van der Waals surface area contributed by atoms with Gasteiger partial charge in [-0.2, -0.15) is 0 Å². The van der Waals surface area contributed by atoms with E-state index in [-0.39, 0.29) is 36.9 Å². The minimum absolute atomic E-state index is 0.0342. The van der Waals surface area contributed by atoms with Crippen molar-refractivity contribution in [2.75, 3.05) is 11.9 Å². The smallest absolute Gasteiger partial charge is 0.292 e. The lowest BCUT2D eigenvalue weighted by Crippen LogP contribution is -2.25. The summed E-state index contributed by atoms with van der Waals surface area (Å²) >= 11 is 0. The topological polar surface area (TPSA) is 84.3 Å². The van der Waals surface area contributed by atoms with Crippen molar-refractivity contribution in [1.82, 2.24) is 5.32 Å². The Kier molecular flexibility index (Phi) is 5.83. The second-order valence-corrected chi connectivity index (χ2v) is 5.31. The number of anilines is 1. The molecule has 0 spiro atoms. The summed E-state index contributed by atoms with van der Waals surface area (Å²) in [6.07, 6.45) is 0.153. The molecule has 0 atom stereocenters. The predicted molar refractivity (Wildman–Crippen MR) is 89.2 cm³/mol. The average molecular weight is 331 g/mol. The van der Waals surface area contributed by atoms with Crippen LogP contribution in [0.4, 0.5) is 15.8 Å². The van der Waals surface area contributed by atoms with E-state index in [0.717, 1.165) is 0 Å². The summed E-state index contributed by atoms with van der Waals surface area (Å²) in [6.45, 7) is 2.17. The molecule has 0 heterocycles. The number of para-hydroxylation sites is 2. The van der Waals surface area contributed by atoms with Gasteiger partial charge in [0.25, 0.3) is 5.69 Å². The molecule has 0 fully saturated rings. The summed E-state index contributed by atoms with van der Waals surface area (Å²) < 4.78 is 13.4. The van der Waals surface area contributed by atoms with E-state index in [9.17, 15) is 19.3 Å². The number of rotatable bonds is 7. The lowest BCUT2D eigenvalue weighted by molar-refractivity contribution is -0.384. The maximum Gasteiger partial charge on any atom is 0.292 e. The Balaban J connectivity index is 1.79. The fourth-order valence-electron chi connectivity index (χ4n) is 2.13. The first-order chi connectivity index (χ1) is 11.5. The minimum atomic E-state index is -0.478. The number of nitrogens with one attached hydrogen (secondary N) is 2. The van der Waals surface area contributed by atoms with Gasteiger partial charge in [0.2, 0.25) is 5.91 Å². The molecule has 2 aromatic rings. The van der Waals surface area contributed by atoms with Gasteiger partial charge in [-0.3, -0.25) is 14.9 Å². The number of hydrogen-bond acceptors (Lipinski definition) is 4. The molecule has 0 saturated heterocycles. The van der Waals surface area contributed by atoms with E-state index in [2.05, 4.69) is 10.6 Å². The summed E-state index contributed by atoms with van der Waals surface area (Å²) in [4.78, 5) is 22.2. The number of nitro benzene ring substituents is 1. The third-order valence-corrected chi connectivity index (χ3v) is 3.49. The van der Waals surface area contributed by atoms with E-state index in [1.165, 1.54) is 12.1 Å². The van der Waals surface area contributed by atoms with E-state index in [4.69, 9.17) is 0 Å². The number of amides is 1. The number of halogens is 1. The van der Waals surface area contributed by atoms with Crippen molar-refractivity contribution < 1.29 is 14.1 Å². The first-order valence-corrected chi connectivity index (χ1v) is 7.46. The van der Waals surface area contributed by atoms with Crippen LogP contribution in [-0.4, -0.2) is 17.4 Å². The number of hydrogen-bond donors (Lipinski definition) is 2. The molecule has 0 aliphatic heterocycles. The average Bonchev–Trinajstić information content (AvgIpc) is 2.56. The molecule has 0 aliphatic rings. The standard InChI is InChI=1S/C17H18FN3O3/c1-12-6-7-13(10-14(12)18)11-20-17(22)8-9-19-15-4-2-3-5-16(15)21(23)24/h2-7,10,19H,8-9,11H2,1H3,(H,20,22). The summed E-state index contributed by atoms with van der Waals surface area (Å²) in [6, 6.07) is 11.1. The Morgan fingerprint density at radius 1 is 1.25 bits per heavy atom. The van der Waals surface area contributed by atoms with Crippen molar-refractivity contribution in [2.24, 2.45) is 0 Å². The van der Waals surface area contributed by atoms with Crippen molar-refractivity contribution in [3.05, 3.63) is 69.5 Å². The van der Waals surface area contributed by atoms with Gasteiger partial charge < -0.3 is 10.6 Å². The zero-order chi connectivity index (χ0) is 17.5. The van der Waals surface area contributed by atoms with E-state index in [1.807, 2.05) is 0 Å². The Morgan fingerprint density at radius 2 is 2.00 bits per heavy atom. The summed E-state index contributed by atoms with van der Waals surface area (Å²) in [5, 5.41) is 16.5. The Labute approximate surface area is 138 Å². The monoisotopic (exact) mass is 331 g/mol. The highest BCUT2D eigenvalue weighted by atomic mass is 19.1. The van der Waals surface area contributed by atoms with Crippen LogP contribution in [0, 0.1) is 22.9 Å². The quantitative estimate of drug-likeness (QED) is 0.603. The molecular formula is C17H18FN3O3. The zero-order valence-corrected chi connectivity index (χ0v) is 13.2. The molecule has 0 radical (unpaired) electrons. The van der Waals surface area contributed by atoms with Crippen LogP contribution in [0.15, 0.2) is 42.5 Å². The third kappa shape index (κ3) is 4.77. The van der Waals surface area contributed by atoms with Gasteiger partial charge in [-0.1, -0.05) is 24.3 Å². The molecule has 2 N–H and O–H groups in total. The molecule has 24 heavy (non-hydrogen) atoms. The van der Waals surface area contributed by atoms with Crippen molar-refractivity contribution in [1.29, 1.82) is 0 Å². The van der Waals surface area contributed by atoms with Gasteiger partial charge in [-0.15, -0.1) is 0 Å². The van der Waals surface area contributed by atoms with Crippen molar-refractivity contribution in [3.63, 3.8) is 0 Å². The highest BCUT2D eigenvalue weighted by molar-refractivity contribution is 5.76. The van der Waals surface area contributed by atoms with E-state index >= 15 is 0 Å². The normalized spacial score (nSPS) is 10.2. The lowest BCUT2D eigenvalue weighted by Gasteiger charge is -2.08. The van der Waals surface area contributed by atoms with Crippen LogP contribution in [0.3, 0.4) is 0 Å². The van der Waals surface area contributed by atoms with Crippen molar-refractivity contribution in [2.45, 2.75) is 19.9 Å². The molecule has 6 nitrogen and oxygen atoms in total. The number of nitro groups is 1. The van der Waals surface area contributed by atoms with Gasteiger partial charge >= 0.3 is 0 Å². The van der Waals surface area contributed by atoms with Gasteiger partial charge in [-0.05, 0) is 30.2 Å². The van der Waals surface area contributed by atoms with Gasteiger partial charge in [0.05, 0.1) is 4.92 Å². The highest BCUT2D eigenvalue weighted by Crippen LogP contribution is 2.22. The molecule has 126 valence electrons. The fourth-order valence-corrected chi connectivity index (χ4v) is 2.13. The molecule has 1 amide bonds. The first-order valence-electron chi connectivity index (χ1n) is 7.46. The molecular weight excluding hydrogens is 313 g/mol. The van der Waals surface area contributed by atoms with E-state index in [0.29, 0.717) is 16.8 Å². The third-order valence-electron chi connectivity index (χ3n) is 3.49. The van der Waals surface area contributed by atoms with Crippen LogP contribution in [0.1, 0.15) is 17.5 Å². The first kappa shape index (κ1) is 17.4. The van der Waals surface area contributed by atoms with E-state index < -0.39 is 4.92 Å². The predicted octanol–water partition coefficient (Wildman–Crippen LogP) is 3.16. The van der Waals surface area contributed by atoms with Gasteiger partial charge in [0.15, 0.2) is 0 Å². The second-order valence-electron chi connectivity index (χ2n) is 5.31. The molecule has 7 heteroatoms. The SMILES string of the molecule is Cc1ccc(CNC(=O)CCNc2ccccc2[N+](=O)[O-])cc1F. The Hall–Kier alpha value is -2.96. The molecule has 0 saturated carbocycles. The number of carbonyl (C=O) groups excluding carboxylic acids is 1. The molecule has 0 bridgehead atoms. The lowest BCUT2D eigenvalue weighted by atomic mass is 10.1. The van der Waals surface area contributed by atoms with Crippen LogP contribution in [0.25, 0.3) is 0 Å². The second kappa shape index (κ2) is 8.05. The number of aryl methyl sites for hydroxylation is 1. The molecule has 0 unspecified atom stereocenters. The van der Waals surface area contributed by atoms with Crippen LogP contribution >= 0.6 is 0 Å². The summed E-state index contributed by atoms with van der Waals surface area (Å²) in [7, 11) is 0. The van der Waals surface area contributed by atoms with Crippen LogP contribution in [-0.2, 0) is 11.3 Å². The van der Waals surface area contributed by atoms with Crippen molar-refractivity contribution >= 4 is 17.3 Å².